The van der Waals surface area contributed by atoms with Crippen LogP contribution in [0.25, 0.3) is 0 Å². The fourth-order valence-corrected chi connectivity index (χ4v) is 2.20. The number of aromatic nitrogens is 2. The Morgan fingerprint density at radius 1 is 1.33 bits per heavy atom. The summed E-state index contributed by atoms with van der Waals surface area (Å²) >= 11 is 3.33. The highest BCUT2D eigenvalue weighted by molar-refractivity contribution is 7.99. The first-order chi connectivity index (χ1) is 7.08. The van der Waals surface area contributed by atoms with Gasteiger partial charge in [0.2, 0.25) is 5.13 Å². The topological polar surface area (TPSA) is 37.8 Å². The second kappa shape index (κ2) is 6.33. The summed E-state index contributed by atoms with van der Waals surface area (Å²) in [6, 6.07) is 0. The Balaban J connectivity index is 2.35. The van der Waals surface area contributed by atoms with E-state index in [4.69, 9.17) is 0 Å². The van der Waals surface area contributed by atoms with Crippen LogP contribution in [0.15, 0.2) is 0 Å². The number of nitrogens with one attached hydrogen (secondary N) is 1. The maximum absolute atomic E-state index is 4.43. The van der Waals surface area contributed by atoms with Crippen LogP contribution in [-0.2, 0) is 5.75 Å². The van der Waals surface area contributed by atoms with E-state index in [-0.39, 0.29) is 0 Å². The highest BCUT2D eigenvalue weighted by atomic mass is 32.2. The van der Waals surface area contributed by atoms with Gasteiger partial charge in [-0.2, -0.15) is 16.1 Å². The van der Waals surface area contributed by atoms with Crippen LogP contribution in [-0.4, -0.2) is 21.2 Å². The minimum atomic E-state index is 0.639. The van der Waals surface area contributed by atoms with Crippen molar-refractivity contribution in [1.82, 2.24) is 9.36 Å². The zero-order valence-electron chi connectivity index (χ0n) is 9.78. The molecule has 1 rings (SSSR count). The van der Waals surface area contributed by atoms with Gasteiger partial charge in [0.25, 0.3) is 0 Å². The lowest BCUT2D eigenvalue weighted by Gasteiger charge is -2.03. The molecule has 1 aromatic rings. The number of anilines is 1. The average molecular weight is 245 g/mol. The number of hydrogen-bond donors (Lipinski definition) is 1. The molecule has 0 spiro atoms. The third-order valence-corrected chi connectivity index (χ3v) is 3.48. The standard InChI is InChI=1S/C10H19N3S2/c1-7(2)5-11-10-12-9(13-15-10)6-14-8(3)4/h7-8H,5-6H2,1-4H3,(H,11,12,13). The van der Waals surface area contributed by atoms with Gasteiger partial charge in [0.05, 0.1) is 5.75 Å². The van der Waals surface area contributed by atoms with Crippen molar-refractivity contribution in [2.24, 2.45) is 5.92 Å². The molecular weight excluding hydrogens is 226 g/mol. The summed E-state index contributed by atoms with van der Waals surface area (Å²) in [5.74, 6) is 2.50. The summed E-state index contributed by atoms with van der Waals surface area (Å²) < 4.78 is 4.31. The largest absolute Gasteiger partial charge is 0.360 e. The molecular formula is C10H19N3S2. The number of rotatable bonds is 6. The first-order valence-electron chi connectivity index (χ1n) is 5.26. The summed E-state index contributed by atoms with van der Waals surface area (Å²) in [7, 11) is 0. The second-order valence-electron chi connectivity index (χ2n) is 4.15. The molecule has 0 saturated heterocycles. The molecule has 0 amide bonds. The molecule has 5 heteroatoms. The van der Waals surface area contributed by atoms with E-state index in [1.54, 1.807) is 0 Å². The van der Waals surface area contributed by atoms with Crippen molar-refractivity contribution in [2.45, 2.75) is 38.7 Å². The van der Waals surface area contributed by atoms with Gasteiger partial charge in [-0.1, -0.05) is 27.7 Å². The maximum atomic E-state index is 4.43. The van der Waals surface area contributed by atoms with Gasteiger partial charge in [-0.15, -0.1) is 0 Å². The zero-order chi connectivity index (χ0) is 11.3. The number of thioether (sulfide) groups is 1. The zero-order valence-corrected chi connectivity index (χ0v) is 11.4. The van der Waals surface area contributed by atoms with Crippen molar-refractivity contribution in [3.05, 3.63) is 5.82 Å². The van der Waals surface area contributed by atoms with Crippen molar-refractivity contribution < 1.29 is 0 Å². The van der Waals surface area contributed by atoms with E-state index < -0.39 is 0 Å². The summed E-state index contributed by atoms with van der Waals surface area (Å²) in [5.41, 5.74) is 0. The summed E-state index contributed by atoms with van der Waals surface area (Å²) in [4.78, 5) is 4.43. The third-order valence-electron chi connectivity index (χ3n) is 1.68. The van der Waals surface area contributed by atoms with Gasteiger partial charge in [0.15, 0.2) is 5.82 Å². The third kappa shape index (κ3) is 5.37. The van der Waals surface area contributed by atoms with Crippen molar-refractivity contribution in [2.75, 3.05) is 11.9 Å². The van der Waals surface area contributed by atoms with E-state index in [1.807, 2.05) is 11.8 Å². The van der Waals surface area contributed by atoms with Crippen LogP contribution in [0.2, 0.25) is 0 Å². The fourth-order valence-electron chi connectivity index (χ4n) is 0.917. The van der Waals surface area contributed by atoms with Gasteiger partial charge in [-0.05, 0) is 11.2 Å². The van der Waals surface area contributed by atoms with Crippen LogP contribution in [0.3, 0.4) is 0 Å². The van der Waals surface area contributed by atoms with Gasteiger partial charge in [-0.3, -0.25) is 0 Å². The first-order valence-corrected chi connectivity index (χ1v) is 7.08. The quantitative estimate of drug-likeness (QED) is 0.835. The fraction of sp³-hybridized carbons (Fsp3) is 0.800. The highest BCUT2D eigenvalue weighted by Crippen LogP contribution is 2.18. The molecule has 15 heavy (non-hydrogen) atoms. The molecule has 0 aliphatic rings. The lowest BCUT2D eigenvalue weighted by Crippen LogP contribution is -2.07. The van der Waals surface area contributed by atoms with Crippen molar-refractivity contribution in [1.29, 1.82) is 0 Å². The molecule has 86 valence electrons. The van der Waals surface area contributed by atoms with Crippen molar-refractivity contribution in [3.8, 4) is 0 Å². The van der Waals surface area contributed by atoms with Gasteiger partial charge >= 0.3 is 0 Å². The summed E-state index contributed by atoms with van der Waals surface area (Å²) in [6.45, 7) is 9.71. The predicted octanol–water partition coefficient (Wildman–Crippen LogP) is 3.25. The van der Waals surface area contributed by atoms with E-state index in [1.165, 1.54) is 11.5 Å². The van der Waals surface area contributed by atoms with Gasteiger partial charge in [0.1, 0.15) is 0 Å². The molecule has 0 saturated carbocycles. The van der Waals surface area contributed by atoms with Crippen LogP contribution < -0.4 is 5.32 Å². The van der Waals surface area contributed by atoms with Crippen LogP contribution >= 0.6 is 23.3 Å². The SMILES string of the molecule is CC(C)CNc1nc(CSC(C)C)ns1. The van der Waals surface area contributed by atoms with E-state index in [0.717, 1.165) is 23.3 Å². The monoisotopic (exact) mass is 245 g/mol. The predicted molar refractivity (Wildman–Crippen MR) is 69.7 cm³/mol. The molecule has 0 aromatic carbocycles. The molecule has 1 N–H and O–H groups in total. The average Bonchev–Trinajstić information content (AvgIpc) is 2.59. The molecule has 3 nitrogen and oxygen atoms in total. The lowest BCUT2D eigenvalue weighted by molar-refractivity contribution is 0.688. The number of nitrogens with zero attached hydrogens (tertiary/aromatic N) is 2. The second-order valence-corrected chi connectivity index (χ2v) is 6.47. The molecule has 0 aliphatic heterocycles. The number of hydrogen-bond acceptors (Lipinski definition) is 5. The van der Waals surface area contributed by atoms with Gasteiger partial charge in [-0.25, -0.2) is 4.98 Å². The van der Waals surface area contributed by atoms with Gasteiger partial charge in [0, 0.05) is 18.1 Å². The molecule has 1 heterocycles. The molecule has 0 aliphatic carbocycles. The summed E-state index contributed by atoms with van der Waals surface area (Å²) in [6.07, 6.45) is 0. The molecule has 0 atom stereocenters. The Bertz CT molecular complexity index is 257. The Hall–Kier alpha value is -0.290. The highest BCUT2D eigenvalue weighted by Gasteiger charge is 2.05. The van der Waals surface area contributed by atoms with Crippen molar-refractivity contribution >= 4 is 28.4 Å². The summed E-state index contributed by atoms with van der Waals surface area (Å²) in [5, 5.41) is 4.87. The minimum absolute atomic E-state index is 0.639. The molecule has 0 fully saturated rings. The van der Waals surface area contributed by atoms with E-state index in [0.29, 0.717) is 11.2 Å². The Morgan fingerprint density at radius 2 is 2.07 bits per heavy atom. The maximum Gasteiger partial charge on any atom is 0.202 e. The lowest BCUT2D eigenvalue weighted by atomic mass is 10.2. The Kier molecular flexibility index (Phi) is 5.39. The van der Waals surface area contributed by atoms with Crippen molar-refractivity contribution in [3.63, 3.8) is 0 Å². The minimum Gasteiger partial charge on any atom is -0.360 e. The Morgan fingerprint density at radius 3 is 2.67 bits per heavy atom. The van der Waals surface area contributed by atoms with Crippen LogP contribution in [0.1, 0.15) is 33.5 Å². The molecule has 0 unspecified atom stereocenters. The van der Waals surface area contributed by atoms with E-state index >= 15 is 0 Å². The normalized spacial score (nSPS) is 11.3. The van der Waals surface area contributed by atoms with Crippen LogP contribution in [0, 0.1) is 5.92 Å². The van der Waals surface area contributed by atoms with E-state index in [2.05, 4.69) is 42.4 Å². The molecule has 1 aromatic heterocycles. The smallest absolute Gasteiger partial charge is 0.202 e. The van der Waals surface area contributed by atoms with Gasteiger partial charge < -0.3 is 5.32 Å². The van der Waals surface area contributed by atoms with Crippen LogP contribution in [0.4, 0.5) is 5.13 Å². The first kappa shape index (κ1) is 12.8. The van der Waals surface area contributed by atoms with Crippen LogP contribution in [0.5, 0.6) is 0 Å². The Labute approximate surface area is 100 Å². The molecule has 0 radical (unpaired) electrons. The van der Waals surface area contributed by atoms with E-state index in [9.17, 15) is 0 Å². The molecule has 0 bridgehead atoms.